The molecular weight excluding hydrogens is 414 g/mol. The van der Waals surface area contributed by atoms with Gasteiger partial charge in [-0.25, -0.2) is 0 Å². The lowest BCUT2D eigenvalue weighted by Crippen LogP contribution is -2.47. The second-order valence-corrected chi connectivity index (χ2v) is 9.16. The van der Waals surface area contributed by atoms with Crippen molar-refractivity contribution >= 4 is 11.6 Å². The normalized spacial score (nSPS) is 18.5. The number of benzene rings is 1. The fourth-order valence-corrected chi connectivity index (χ4v) is 5.07. The van der Waals surface area contributed by atoms with Crippen molar-refractivity contribution in [3.63, 3.8) is 0 Å². The van der Waals surface area contributed by atoms with Gasteiger partial charge in [0.15, 0.2) is 5.65 Å². The van der Waals surface area contributed by atoms with E-state index in [0.29, 0.717) is 12.2 Å². The maximum Gasteiger partial charge on any atom is 0.291 e. The highest BCUT2D eigenvalue weighted by Crippen LogP contribution is 2.21. The number of fused-ring (bicyclic) bond motifs is 1. The van der Waals surface area contributed by atoms with E-state index in [2.05, 4.69) is 30.4 Å². The zero-order valence-electron chi connectivity index (χ0n) is 19.2. The number of hydrogen-bond acceptors (Lipinski definition) is 6. The molecule has 33 heavy (non-hydrogen) atoms. The Balaban J connectivity index is 1.10. The van der Waals surface area contributed by atoms with Crippen molar-refractivity contribution in [3.05, 3.63) is 48.3 Å². The summed E-state index contributed by atoms with van der Waals surface area (Å²) >= 11 is 0. The van der Waals surface area contributed by atoms with Crippen LogP contribution in [0.2, 0.25) is 0 Å². The molecule has 0 aliphatic carbocycles. The monoisotopic (exact) mass is 447 g/mol. The Bertz CT molecular complexity index is 1050. The van der Waals surface area contributed by atoms with Gasteiger partial charge in [0.1, 0.15) is 0 Å². The van der Waals surface area contributed by atoms with Crippen LogP contribution in [0.1, 0.15) is 49.1 Å². The molecule has 2 aliphatic heterocycles. The molecule has 0 unspecified atom stereocenters. The Labute approximate surface area is 195 Å². The molecule has 0 saturated carbocycles. The molecule has 8 nitrogen and oxygen atoms in total. The molecule has 2 fully saturated rings. The Hall–Kier alpha value is -2.84. The van der Waals surface area contributed by atoms with Gasteiger partial charge in [-0.05, 0) is 77.0 Å². The average molecular weight is 448 g/mol. The molecule has 3 aromatic rings. The van der Waals surface area contributed by atoms with Gasteiger partial charge in [-0.15, -0.1) is 10.2 Å². The highest BCUT2D eigenvalue weighted by atomic mass is 16.2. The van der Waals surface area contributed by atoms with E-state index in [1.54, 1.807) is 0 Å². The van der Waals surface area contributed by atoms with Crippen molar-refractivity contribution in [2.75, 3.05) is 39.3 Å². The lowest BCUT2D eigenvalue weighted by atomic mass is 10.00. The first-order chi connectivity index (χ1) is 16.3. The maximum atomic E-state index is 12.7. The number of hydrogen-bond donors (Lipinski definition) is 1. The van der Waals surface area contributed by atoms with E-state index in [0.717, 1.165) is 43.4 Å². The molecule has 0 bridgehead atoms. The largest absolute Gasteiger partial charge is 0.349 e. The van der Waals surface area contributed by atoms with Crippen molar-refractivity contribution in [2.45, 2.75) is 44.6 Å². The van der Waals surface area contributed by atoms with Gasteiger partial charge in [0.25, 0.3) is 5.91 Å². The van der Waals surface area contributed by atoms with Crippen LogP contribution < -0.4 is 5.32 Å². The van der Waals surface area contributed by atoms with Gasteiger partial charge in [0, 0.05) is 18.2 Å². The predicted octanol–water partition coefficient (Wildman–Crippen LogP) is 2.86. The smallest absolute Gasteiger partial charge is 0.291 e. The number of likely N-dealkylation sites (tertiary alicyclic amines) is 2. The van der Waals surface area contributed by atoms with Crippen LogP contribution in [0.3, 0.4) is 0 Å². The number of nitrogens with zero attached hydrogens (tertiary/aromatic N) is 6. The first kappa shape index (κ1) is 22.0. The summed E-state index contributed by atoms with van der Waals surface area (Å²) in [5.41, 5.74) is 2.34. The Morgan fingerprint density at radius 2 is 1.73 bits per heavy atom. The molecule has 2 aliphatic rings. The van der Waals surface area contributed by atoms with Gasteiger partial charge in [0.05, 0.1) is 5.69 Å². The van der Waals surface area contributed by atoms with Crippen LogP contribution in [0.25, 0.3) is 16.9 Å². The van der Waals surface area contributed by atoms with Crippen molar-refractivity contribution in [1.82, 2.24) is 34.9 Å². The van der Waals surface area contributed by atoms with Crippen LogP contribution in [0.4, 0.5) is 0 Å². The fourth-order valence-electron chi connectivity index (χ4n) is 5.07. The summed E-state index contributed by atoms with van der Waals surface area (Å²) in [6.45, 7) is 6.54. The van der Waals surface area contributed by atoms with E-state index < -0.39 is 0 Å². The standard InChI is InChI=1S/C25H33N7O/c33-25(24-28-27-23-11-10-22(29-32(23)24)20-8-3-1-4-9-20)26-14-7-15-30-18-12-21(13-19-30)31-16-5-2-6-17-31/h1,3-4,8-11,21H,2,5-7,12-19H2,(H,26,33). The molecule has 174 valence electrons. The summed E-state index contributed by atoms with van der Waals surface area (Å²) in [7, 11) is 0. The summed E-state index contributed by atoms with van der Waals surface area (Å²) in [6.07, 6.45) is 7.60. The Morgan fingerprint density at radius 3 is 2.52 bits per heavy atom. The van der Waals surface area contributed by atoms with Gasteiger partial charge >= 0.3 is 0 Å². The fraction of sp³-hybridized carbons (Fsp3) is 0.520. The van der Waals surface area contributed by atoms with E-state index in [4.69, 9.17) is 0 Å². The van der Waals surface area contributed by atoms with Crippen LogP contribution in [0, 0.1) is 0 Å². The summed E-state index contributed by atoms with van der Waals surface area (Å²) in [5.74, 6) is -0.00542. The van der Waals surface area contributed by atoms with Crippen LogP contribution in [-0.2, 0) is 0 Å². The van der Waals surface area contributed by atoms with Gasteiger partial charge in [-0.2, -0.15) is 9.61 Å². The van der Waals surface area contributed by atoms with Crippen LogP contribution in [0.5, 0.6) is 0 Å². The number of rotatable bonds is 7. The van der Waals surface area contributed by atoms with Gasteiger partial charge in [0.2, 0.25) is 5.82 Å². The van der Waals surface area contributed by atoms with Crippen LogP contribution in [0.15, 0.2) is 42.5 Å². The van der Waals surface area contributed by atoms with Gasteiger partial charge in [-0.1, -0.05) is 36.8 Å². The van der Waals surface area contributed by atoms with Gasteiger partial charge in [-0.3, -0.25) is 4.79 Å². The molecular formula is C25H33N7O. The highest BCUT2D eigenvalue weighted by molar-refractivity contribution is 5.91. The molecule has 0 spiro atoms. The van der Waals surface area contributed by atoms with E-state index in [-0.39, 0.29) is 11.7 Å². The third-order valence-electron chi connectivity index (χ3n) is 6.94. The van der Waals surface area contributed by atoms with E-state index in [9.17, 15) is 4.79 Å². The minimum absolute atomic E-state index is 0.227. The SMILES string of the molecule is O=C(NCCCN1CCC(N2CCCCC2)CC1)c1nnc2ccc(-c3ccccc3)nn12. The average Bonchev–Trinajstić information content (AvgIpc) is 3.31. The molecule has 8 heteroatoms. The molecule has 1 aromatic carbocycles. The number of piperidine rings is 2. The zero-order valence-corrected chi connectivity index (χ0v) is 19.2. The number of carbonyl (C=O) groups excluding carboxylic acids is 1. The summed E-state index contributed by atoms with van der Waals surface area (Å²) in [4.78, 5) is 18.0. The number of aromatic nitrogens is 4. The summed E-state index contributed by atoms with van der Waals surface area (Å²) in [6, 6.07) is 14.4. The number of nitrogens with one attached hydrogen (secondary N) is 1. The molecule has 5 rings (SSSR count). The lowest BCUT2D eigenvalue weighted by molar-refractivity contribution is 0.0898. The molecule has 4 heterocycles. The zero-order chi connectivity index (χ0) is 22.5. The second-order valence-electron chi connectivity index (χ2n) is 9.16. The van der Waals surface area contributed by atoms with Crippen molar-refractivity contribution < 1.29 is 4.79 Å². The highest BCUT2D eigenvalue weighted by Gasteiger charge is 2.25. The van der Waals surface area contributed by atoms with E-state index in [1.165, 1.54) is 49.7 Å². The quantitative estimate of drug-likeness (QED) is 0.561. The Kier molecular flexibility index (Phi) is 6.92. The minimum Gasteiger partial charge on any atom is -0.349 e. The van der Waals surface area contributed by atoms with Crippen LogP contribution >= 0.6 is 0 Å². The van der Waals surface area contributed by atoms with E-state index >= 15 is 0 Å². The maximum absolute atomic E-state index is 12.7. The van der Waals surface area contributed by atoms with Crippen LogP contribution in [-0.4, -0.2) is 80.8 Å². The third kappa shape index (κ3) is 5.23. The second kappa shape index (κ2) is 10.4. The summed E-state index contributed by atoms with van der Waals surface area (Å²) < 4.78 is 1.53. The molecule has 1 amide bonds. The van der Waals surface area contributed by atoms with Crippen molar-refractivity contribution in [1.29, 1.82) is 0 Å². The third-order valence-corrected chi connectivity index (χ3v) is 6.94. The molecule has 0 radical (unpaired) electrons. The number of amides is 1. The van der Waals surface area contributed by atoms with Gasteiger partial charge < -0.3 is 15.1 Å². The molecule has 2 aromatic heterocycles. The minimum atomic E-state index is -0.232. The Morgan fingerprint density at radius 1 is 0.939 bits per heavy atom. The first-order valence-corrected chi connectivity index (χ1v) is 12.3. The lowest BCUT2D eigenvalue weighted by Gasteiger charge is -2.40. The summed E-state index contributed by atoms with van der Waals surface area (Å²) in [5, 5.41) is 15.8. The first-order valence-electron chi connectivity index (χ1n) is 12.3. The van der Waals surface area contributed by atoms with Crippen molar-refractivity contribution in [3.8, 4) is 11.3 Å². The molecule has 2 saturated heterocycles. The van der Waals surface area contributed by atoms with Crippen molar-refractivity contribution in [2.24, 2.45) is 0 Å². The molecule has 1 N–H and O–H groups in total. The number of carbonyl (C=O) groups is 1. The predicted molar refractivity (Wildman–Crippen MR) is 128 cm³/mol. The van der Waals surface area contributed by atoms with E-state index in [1.807, 2.05) is 42.5 Å². The molecule has 0 atom stereocenters. The topological polar surface area (TPSA) is 78.7 Å².